The van der Waals surface area contributed by atoms with Gasteiger partial charge in [0.05, 0.1) is 0 Å². The van der Waals surface area contributed by atoms with Crippen LogP contribution in [0.15, 0.2) is 78.9 Å². The van der Waals surface area contributed by atoms with Gasteiger partial charge in [0.25, 0.3) is 0 Å². The highest BCUT2D eigenvalue weighted by molar-refractivity contribution is 6.00. The maximum atomic E-state index is 13.7. The first-order valence-electron chi connectivity index (χ1n) is 15.2. The predicted molar refractivity (Wildman–Crippen MR) is 171 cm³/mol. The first-order valence-corrected chi connectivity index (χ1v) is 15.2. The monoisotopic (exact) mass is 577 g/mol. The molecule has 1 aliphatic carbocycles. The second kappa shape index (κ2) is 12.4. The van der Waals surface area contributed by atoms with Crippen LogP contribution in [0.4, 0.5) is 11.4 Å². The van der Waals surface area contributed by atoms with Crippen molar-refractivity contribution in [1.82, 2.24) is 14.8 Å². The number of H-pyrrole nitrogens is 1. The summed E-state index contributed by atoms with van der Waals surface area (Å²) >= 11 is 0. The van der Waals surface area contributed by atoms with Crippen LogP contribution in [0.5, 0.6) is 0 Å². The maximum Gasteiger partial charge on any atom is 0.247 e. The number of amides is 3. The van der Waals surface area contributed by atoms with Crippen LogP contribution in [-0.2, 0) is 14.4 Å². The van der Waals surface area contributed by atoms with Crippen molar-refractivity contribution in [2.24, 2.45) is 5.92 Å². The molecule has 2 aliphatic rings. The van der Waals surface area contributed by atoms with Crippen molar-refractivity contribution in [3.63, 3.8) is 0 Å². The summed E-state index contributed by atoms with van der Waals surface area (Å²) in [5.41, 5.74) is 5.34. The number of likely N-dealkylation sites (tertiary alicyclic amines) is 1. The van der Waals surface area contributed by atoms with E-state index in [0.717, 1.165) is 65.5 Å². The molecule has 0 radical (unpaired) electrons. The molecule has 8 heteroatoms. The lowest BCUT2D eigenvalue weighted by Gasteiger charge is -2.31. The lowest BCUT2D eigenvalue weighted by atomic mass is 10.0. The highest BCUT2D eigenvalue weighted by Crippen LogP contribution is 2.30. The van der Waals surface area contributed by atoms with Crippen LogP contribution in [-0.4, -0.2) is 59.2 Å². The molecule has 0 spiro atoms. The van der Waals surface area contributed by atoms with E-state index in [1.807, 2.05) is 91.8 Å². The van der Waals surface area contributed by atoms with Gasteiger partial charge >= 0.3 is 0 Å². The van der Waals surface area contributed by atoms with Gasteiger partial charge < -0.3 is 20.5 Å². The quantitative estimate of drug-likeness (QED) is 0.232. The van der Waals surface area contributed by atoms with Gasteiger partial charge in [-0.25, -0.2) is 0 Å². The van der Waals surface area contributed by atoms with E-state index in [1.54, 1.807) is 4.90 Å². The summed E-state index contributed by atoms with van der Waals surface area (Å²) in [7, 11) is 3.79. The Labute approximate surface area is 252 Å². The molecule has 43 heavy (non-hydrogen) atoms. The first-order chi connectivity index (χ1) is 20.9. The molecule has 6 rings (SSSR count). The zero-order chi connectivity index (χ0) is 29.9. The van der Waals surface area contributed by atoms with Crippen molar-refractivity contribution in [2.75, 3.05) is 31.3 Å². The third kappa shape index (κ3) is 6.20. The highest BCUT2D eigenvalue weighted by atomic mass is 16.2. The van der Waals surface area contributed by atoms with E-state index in [9.17, 15) is 14.4 Å². The largest absolute Gasteiger partial charge is 0.355 e. The third-order valence-corrected chi connectivity index (χ3v) is 8.78. The standard InChI is InChI=1S/C35H39N5O3/c1-39(2)32(24-9-4-3-5-10-24)35(43)40-20-8-13-31(40)34(42)37-28-18-19-29-26(21-28)22-30(38-29)23-14-16-27(17-15-23)36-33(41)25-11-6-7-12-25/h3-5,9-10,14-19,21-22,25,31-32,38H,6-8,11-13,20H2,1-2H3,(H,36,41)(H,37,42)/t31-,32+/m0/s1. The first kappa shape index (κ1) is 28.7. The summed E-state index contributed by atoms with van der Waals surface area (Å²) < 4.78 is 0. The minimum atomic E-state index is -0.510. The molecule has 0 unspecified atom stereocenters. The van der Waals surface area contributed by atoms with Crippen LogP contribution >= 0.6 is 0 Å². The molecule has 1 aliphatic heterocycles. The molecule has 4 aromatic rings. The number of aromatic amines is 1. The minimum Gasteiger partial charge on any atom is -0.355 e. The number of rotatable bonds is 8. The van der Waals surface area contributed by atoms with Crippen LogP contribution in [0.25, 0.3) is 22.2 Å². The number of hydrogen-bond donors (Lipinski definition) is 3. The van der Waals surface area contributed by atoms with Crippen molar-refractivity contribution >= 4 is 40.0 Å². The summed E-state index contributed by atoms with van der Waals surface area (Å²) in [6.07, 6.45) is 5.65. The average Bonchev–Trinajstić information content (AvgIpc) is 3.79. The summed E-state index contributed by atoms with van der Waals surface area (Å²) in [4.78, 5) is 46.7. The Morgan fingerprint density at radius 3 is 2.23 bits per heavy atom. The van der Waals surface area contributed by atoms with E-state index in [-0.39, 0.29) is 23.6 Å². The lowest BCUT2D eigenvalue weighted by Crippen LogP contribution is -2.47. The average molecular weight is 578 g/mol. The van der Waals surface area contributed by atoms with E-state index in [2.05, 4.69) is 21.7 Å². The number of fused-ring (bicyclic) bond motifs is 1. The number of aromatic nitrogens is 1. The van der Waals surface area contributed by atoms with Crippen molar-refractivity contribution in [2.45, 2.75) is 50.6 Å². The molecule has 3 N–H and O–H groups in total. The van der Waals surface area contributed by atoms with Crippen LogP contribution in [0.2, 0.25) is 0 Å². The molecule has 2 heterocycles. The Kier molecular flexibility index (Phi) is 8.29. The molecule has 222 valence electrons. The molecule has 8 nitrogen and oxygen atoms in total. The summed E-state index contributed by atoms with van der Waals surface area (Å²) in [6.45, 7) is 0.567. The second-order valence-electron chi connectivity index (χ2n) is 12.0. The number of benzene rings is 3. The zero-order valence-electron chi connectivity index (χ0n) is 24.8. The lowest BCUT2D eigenvalue weighted by molar-refractivity contribution is -0.140. The fourth-order valence-electron chi connectivity index (χ4n) is 6.51. The van der Waals surface area contributed by atoms with Gasteiger partial charge in [0.2, 0.25) is 17.7 Å². The molecule has 2 fully saturated rings. The van der Waals surface area contributed by atoms with E-state index in [4.69, 9.17) is 0 Å². The summed E-state index contributed by atoms with van der Waals surface area (Å²) in [5, 5.41) is 7.09. The van der Waals surface area contributed by atoms with Crippen molar-refractivity contribution in [3.05, 3.63) is 84.4 Å². The van der Waals surface area contributed by atoms with Crippen molar-refractivity contribution < 1.29 is 14.4 Å². The number of likely N-dealkylation sites (N-methyl/N-ethyl adjacent to an activating group) is 1. The van der Waals surface area contributed by atoms with Crippen molar-refractivity contribution in [1.29, 1.82) is 0 Å². The number of hydrogen-bond acceptors (Lipinski definition) is 4. The molecule has 2 atom stereocenters. The second-order valence-corrected chi connectivity index (χ2v) is 12.0. The van der Waals surface area contributed by atoms with E-state index in [0.29, 0.717) is 18.7 Å². The number of carbonyl (C=O) groups is 3. The smallest absolute Gasteiger partial charge is 0.247 e. The van der Waals surface area contributed by atoms with Crippen LogP contribution in [0, 0.1) is 5.92 Å². The van der Waals surface area contributed by atoms with Crippen molar-refractivity contribution in [3.8, 4) is 11.3 Å². The molecule has 3 aromatic carbocycles. The number of anilines is 2. The summed E-state index contributed by atoms with van der Waals surface area (Å²) in [5.74, 6) is 0.0271. The highest BCUT2D eigenvalue weighted by Gasteiger charge is 2.38. The minimum absolute atomic E-state index is 0.0521. The topological polar surface area (TPSA) is 97.5 Å². The van der Waals surface area contributed by atoms with Crippen LogP contribution < -0.4 is 10.6 Å². The van der Waals surface area contributed by atoms with Gasteiger partial charge in [-0.05, 0) is 87.3 Å². The predicted octanol–water partition coefficient (Wildman–Crippen LogP) is 6.20. The maximum absolute atomic E-state index is 13.7. The molecule has 0 bridgehead atoms. The van der Waals surface area contributed by atoms with Crippen LogP contribution in [0.1, 0.15) is 50.1 Å². The van der Waals surface area contributed by atoms with Gasteiger partial charge in [-0.3, -0.25) is 19.3 Å². The van der Waals surface area contributed by atoms with Gasteiger partial charge in [0.1, 0.15) is 12.1 Å². The Morgan fingerprint density at radius 1 is 0.814 bits per heavy atom. The fraction of sp³-hybridized carbons (Fsp3) is 0.343. The Bertz CT molecular complexity index is 1610. The zero-order valence-corrected chi connectivity index (χ0v) is 24.8. The SMILES string of the molecule is CN(C)[C@@H](C(=O)N1CCC[C@H]1C(=O)Nc1ccc2[nH]c(-c3ccc(NC(=O)C4CCCC4)cc3)cc2c1)c1ccccc1. The Hall–Kier alpha value is -4.43. The Morgan fingerprint density at radius 2 is 1.51 bits per heavy atom. The van der Waals surface area contributed by atoms with Gasteiger partial charge in [0, 0.05) is 40.4 Å². The number of nitrogens with one attached hydrogen (secondary N) is 3. The molecule has 1 aromatic heterocycles. The number of nitrogens with zero attached hydrogens (tertiary/aromatic N) is 2. The Balaban J connectivity index is 1.13. The van der Waals surface area contributed by atoms with Gasteiger partial charge in [-0.15, -0.1) is 0 Å². The normalized spacial score (nSPS) is 17.8. The molecular formula is C35H39N5O3. The van der Waals surface area contributed by atoms with E-state index < -0.39 is 12.1 Å². The van der Waals surface area contributed by atoms with Gasteiger partial charge in [-0.2, -0.15) is 0 Å². The van der Waals surface area contributed by atoms with Gasteiger partial charge in [0.15, 0.2) is 0 Å². The third-order valence-electron chi connectivity index (χ3n) is 8.78. The molecule has 1 saturated carbocycles. The van der Waals surface area contributed by atoms with E-state index >= 15 is 0 Å². The van der Waals surface area contributed by atoms with Crippen LogP contribution in [0.3, 0.4) is 0 Å². The number of carbonyl (C=O) groups excluding carboxylic acids is 3. The summed E-state index contributed by atoms with van der Waals surface area (Å²) in [6, 6.07) is 24.5. The van der Waals surface area contributed by atoms with E-state index in [1.165, 1.54) is 0 Å². The van der Waals surface area contributed by atoms with Gasteiger partial charge in [-0.1, -0.05) is 55.3 Å². The molecule has 1 saturated heterocycles. The molecular weight excluding hydrogens is 538 g/mol. The molecule has 3 amide bonds. The fourth-order valence-corrected chi connectivity index (χ4v) is 6.51.